The molecule has 0 atom stereocenters. The van der Waals surface area contributed by atoms with Gasteiger partial charge in [0.1, 0.15) is 12.4 Å². The predicted molar refractivity (Wildman–Crippen MR) is 68.8 cm³/mol. The van der Waals surface area contributed by atoms with Gasteiger partial charge in [0.05, 0.1) is 6.26 Å². The molecule has 0 spiro atoms. The summed E-state index contributed by atoms with van der Waals surface area (Å²) in [5, 5.41) is 0. The summed E-state index contributed by atoms with van der Waals surface area (Å²) in [6, 6.07) is 5.99. The van der Waals surface area contributed by atoms with Crippen molar-refractivity contribution in [3.05, 3.63) is 53.7 Å². The van der Waals surface area contributed by atoms with E-state index in [1.54, 1.807) is 6.26 Å². The molecular formula is C14H18N2O2. The summed E-state index contributed by atoms with van der Waals surface area (Å²) < 4.78 is 10.9. The topological polar surface area (TPSA) is 61.3 Å². The van der Waals surface area contributed by atoms with Crippen LogP contribution in [-0.2, 0) is 24.3 Å². The minimum atomic E-state index is 0.505. The maximum atomic E-state index is 5.55. The van der Waals surface area contributed by atoms with Crippen molar-refractivity contribution >= 4 is 0 Å². The number of furan rings is 1. The van der Waals surface area contributed by atoms with E-state index in [2.05, 4.69) is 4.98 Å². The zero-order valence-electron chi connectivity index (χ0n) is 10.3. The van der Waals surface area contributed by atoms with E-state index in [4.69, 9.17) is 14.9 Å². The van der Waals surface area contributed by atoms with Crippen LogP contribution in [0, 0.1) is 0 Å². The molecule has 0 aliphatic heterocycles. The number of pyridine rings is 1. The molecule has 0 amide bonds. The van der Waals surface area contributed by atoms with E-state index >= 15 is 0 Å². The third-order valence-corrected chi connectivity index (χ3v) is 2.69. The van der Waals surface area contributed by atoms with Crippen LogP contribution in [0.1, 0.15) is 23.3 Å². The van der Waals surface area contributed by atoms with Gasteiger partial charge in [-0.25, -0.2) is 0 Å². The Balaban J connectivity index is 1.61. The van der Waals surface area contributed by atoms with Gasteiger partial charge in [-0.1, -0.05) is 0 Å². The highest BCUT2D eigenvalue weighted by atomic mass is 16.5. The van der Waals surface area contributed by atoms with Crippen LogP contribution >= 0.6 is 0 Å². The van der Waals surface area contributed by atoms with Gasteiger partial charge in [-0.2, -0.15) is 0 Å². The molecular weight excluding hydrogens is 228 g/mol. The molecule has 0 bridgehead atoms. The van der Waals surface area contributed by atoms with Gasteiger partial charge < -0.3 is 14.9 Å². The van der Waals surface area contributed by atoms with Crippen molar-refractivity contribution in [1.82, 2.24) is 4.98 Å². The highest BCUT2D eigenvalue weighted by molar-refractivity contribution is 5.11. The fourth-order valence-electron chi connectivity index (χ4n) is 1.71. The Morgan fingerprint density at radius 2 is 2.06 bits per heavy atom. The van der Waals surface area contributed by atoms with Crippen LogP contribution in [0.5, 0.6) is 0 Å². The molecule has 0 aromatic carbocycles. The molecule has 0 unspecified atom stereocenters. The molecule has 96 valence electrons. The molecule has 2 aromatic heterocycles. The molecule has 2 heterocycles. The second-order valence-electron chi connectivity index (χ2n) is 4.14. The number of nitrogens with two attached hydrogens (primary N) is 1. The second-order valence-corrected chi connectivity index (χ2v) is 4.14. The van der Waals surface area contributed by atoms with Crippen molar-refractivity contribution in [2.75, 3.05) is 6.61 Å². The number of ether oxygens (including phenoxy) is 1. The fraction of sp³-hybridized carbons (Fsp3) is 0.357. The first-order valence-electron chi connectivity index (χ1n) is 6.11. The van der Waals surface area contributed by atoms with Crippen molar-refractivity contribution in [1.29, 1.82) is 0 Å². The number of rotatable bonds is 7. The third kappa shape index (κ3) is 3.98. The van der Waals surface area contributed by atoms with Crippen molar-refractivity contribution in [3.8, 4) is 0 Å². The standard InChI is InChI=1S/C14H18N2O2/c15-9-13-8-14(18-10-13)11-17-7-1-2-12-3-5-16-6-4-12/h3-6,8,10H,1-2,7,9,11,15H2. The molecule has 2 N–H and O–H groups in total. The maximum Gasteiger partial charge on any atom is 0.129 e. The molecule has 4 nitrogen and oxygen atoms in total. The minimum Gasteiger partial charge on any atom is -0.467 e. The van der Waals surface area contributed by atoms with E-state index in [0.717, 1.165) is 30.8 Å². The first kappa shape index (κ1) is 12.8. The van der Waals surface area contributed by atoms with E-state index in [1.165, 1.54) is 5.56 Å². The van der Waals surface area contributed by atoms with Crippen molar-refractivity contribution in [2.45, 2.75) is 26.0 Å². The van der Waals surface area contributed by atoms with Gasteiger partial charge in [-0.3, -0.25) is 4.98 Å². The lowest BCUT2D eigenvalue weighted by Crippen LogP contribution is -1.97. The summed E-state index contributed by atoms with van der Waals surface area (Å²) in [7, 11) is 0. The van der Waals surface area contributed by atoms with Crippen molar-refractivity contribution < 1.29 is 9.15 Å². The Hall–Kier alpha value is -1.65. The number of aryl methyl sites for hydroxylation is 1. The number of hydrogen-bond acceptors (Lipinski definition) is 4. The van der Waals surface area contributed by atoms with Crippen LogP contribution in [-0.4, -0.2) is 11.6 Å². The number of nitrogens with zero attached hydrogens (tertiary/aromatic N) is 1. The first-order chi connectivity index (χ1) is 8.88. The van der Waals surface area contributed by atoms with E-state index in [1.807, 2.05) is 30.6 Å². The molecule has 0 fully saturated rings. The zero-order valence-corrected chi connectivity index (χ0v) is 10.3. The molecule has 2 aromatic rings. The van der Waals surface area contributed by atoms with Gasteiger partial charge in [-0.05, 0) is 36.6 Å². The monoisotopic (exact) mass is 246 g/mol. The molecule has 0 saturated carbocycles. The Bertz CT molecular complexity index is 454. The Labute approximate surface area is 107 Å². The largest absolute Gasteiger partial charge is 0.467 e. The molecule has 18 heavy (non-hydrogen) atoms. The normalized spacial score (nSPS) is 10.7. The predicted octanol–water partition coefficient (Wildman–Crippen LogP) is 2.28. The van der Waals surface area contributed by atoms with Gasteiger partial charge in [0, 0.05) is 31.1 Å². The average Bonchev–Trinajstić information content (AvgIpc) is 2.87. The van der Waals surface area contributed by atoms with Gasteiger partial charge in [0.25, 0.3) is 0 Å². The van der Waals surface area contributed by atoms with Gasteiger partial charge in [0.2, 0.25) is 0 Å². The molecule has 0 saturated heterocycles. The fourth-order valence-corrected chi connectivity index (χ4v) is 1.71. The van der Waals surface area contributed by atoms with Crippen molar-refractivity contribution in [3.63, 3.8) is 0 Å². The Morgan fingerprint density at radius 3 is 2.78 bits per heavy atom. The maximum absolute atomic E-state index is 5.55. The Kier molecular flexibility index (Phi) is 4.93. The second kappa shape index (κ2) is 6.93. The van der Waals surface area contributed by atoms with Crippen molar-refractivity contribution in [2.24, 2.45) is 5.73 Å². The molecule has 2 rings (SSSR count). The lowest BCUT2D eigenvalue weighted by atomic mass is 10.1. The molecule has 0 aliphatic rings. The summed E-state index contributed by atoms with van der Waals surface area (Å²) >= 11 is 0. The quantitative estimate of drug-likeness (QED) is 0.761. The van der Waals surface area contributed by atoms with E-state index < -0.39 is 0 Å². The summed E-state index contributed by atoms with van der Waals surface area (Å²) in [5.74, 6) is 0.833. The molecule has 0 radical (unpaired) electrons. The van der Waals surface area contributed by atoms with Crippen LogP contribution in [0.2, 0.25) is 0 Å². The lowest BCUT2D eigenvalue weighted by molar-refractivity contribution is 0.104. The van der Waals surface area contributed by atoms with E-state index in [9.17, 15) is 0 Å². The summed E-state index contributed by atoms with van der Waals surface area (Å²) in [4.78, 5) is 3.99. The van der Waals surface area contributed by atoms with Crippen LogP contribution in [0.25, 0.3) is 0 Å². The highest BCUT2D eigenvalue weighted by Crippen LogP contribution is 2.09. The summed E-state index contributed by atoms with van der Waals surface area (Å²) in [6.45, 7) is 1.74. The van der Waals surface area contributed by atoms with Gasteiger partial charge in [0.15, 0.2) is 0 Å². The van der Waals surface area contributed by atoms with Crippen LogP contribution in [0.3, 0.4) is 0 Å². The summed E-state index contributed by atoms with van der Waals surface area (Å²) in [5.41, 5.74) is 7.79. The zero-order chi connectivity index (χ0) is 12.6. The summed E-state index contributed by atoms with van der Waals surface area (Å²) in [6.07, 6.45) is 7.31. The average molecular weight is 246 g/mol. The molecule has 4 heteroatoms. The smallest absolute Gasteiger partial charge is 0.129 e. The number of hydrogen-bond donors (Lipinski definition) is 1. The van der Waals surface area contributed by atoms with Gasteiger partial charge in [-0.15, -0.1) is 0 Å². The van der Waals surface area contributed by atoms with E-state index in [0.29, 0.717) is 13.2 Å². The van der Waals surface area contributed by atoms with Crippen LogP contribution < -0.4 is 5.73 Å². The minimum absolute atomic E-state index is 0.505. The number of aromatic nitrogens is 1. The highest BCUT2D eigenvalue weighted by Gasteiger charge is 2.00. The SMILES string of the molecule is NCc1coc(COCCCc2ccncc2)c1. The lowest BCUT2D eigenvalue weighted by Gasteiger charge is -2.02. The van der Waals surface area contributed by atoms with Crippen LogP contribution in [0.15, 0.2) is 41.3 Å². The molecule has 0 aliphatic carbocycles. The van der Waals surface area contributed by atoms with Gasteiger partial charge >= 0.3 is 0 Å². The third-order valence-electron chi connectivity index (χ3n) is 2.69. The first-order valence-corrected chi connectivity index (χ1v) is 6.11. The van der Waals surface area contributed by atoms with Crippen LogP contribution in [0.4, 0.5) is 0 Å². The Morgan fingerprint density at radius 1 is 1.22 bits per heavy atom. The van der Waals surface area contributed by atoms with E-state index in [-0.39, 0.29) is 0 Å².